The Morgan fingerprint density at radius 3 is 2.29 bits per heavy atom. The first kappa shape index (κ1) is 14.9. The average Bonchev–Trinajstić information content (AvgIpc) is 2.78. The van der Waals surface area contributed by atoms with Crippen molar-refractivity contribution in [2.75, 3.05) is 0 Å². The van der Waals surface area contributed by atoms with Crippen LogP contribution in [0.25, 0.3) is 10.9 Å². The number of aryl methyl sites for hydroxylation is 3. The van der Waals surface area contributed by atoms with Gasteiger partial charge in [0, 0.05) is 11.2 Å². The smallest absolute Gasteiger partial charge is 0.335 e. The van der Waals surface area contributed by atoms with Crippen molar-refractivity contribution in [3.05, 3.63) is 70.9 Å². The number of aromatic nitrogens is 1. The fourth-order valence-corrected chi connectivity index (χ4v) is 2.16. The molecule has 2 N–H and O–H groups in total. The average molecular weight is 281 g/mol. The number of aromatic amines is 1. The van der Waals surface area contributed by atoms with Gasteiger partial charge in [0.05, 0.1) is 5.56 Å². The van der Waals surface area contributed by atoms with Gasteiger partial charge in [-0.15, -0.1) is 0 Å². The van der Waals surface area contributed by atoms with Gasteiger partial charge in [-0.3, -0.25) is 0 Å². The lowest BCUT2D eigenvalue weighted by atomic mass is 10.1. The summed E-state index contributed by atoms with van der Waals surface area (Å²) in [6, 6.07) is 15.4. The number of aromatic carboxylic acids is 1. The van der Waals surface area contributed by atoms with Gasteiger partial charge >= 0.3 is 5.97 Å². The molecular formula is C18H19NO2. The van der Waals surface area contributed by atoms with Crippen LogP contribution in [0.2, 0.25) is 0 Å². The lowest BCUT2D eigenvalue weighted by molar-refractivity contribution is 0.0697. The van der Waals surface area contributed by atoms with Crippen molar-refractivity contribution in [2.24, 2.45) is 0 Å². The maximum absolute atomic E-state index is 10.4. The predicted molar refractivity (Wildman–Crippen MR) is 85.9 cm³/mol. The number of carboxylic acids is 1. The second-order valence-electron chi connectivity index (χ2n) is 5.22. The molecule has 3 aromatic rings. The maximum atomic E-state index is 10.4. The van der Waals surface area contributed by atoms with Crippen LogP contribution in [0.1, 0.15) is 27.2 Å². The minimum Gasteiger partial charge on any atom is -0.478 e. The Balaban J connectivity index is 0.000000155. The summed E-state index contributed by atoms with van der Waals surface area (Å²) in [5.74, 6) is -0.872. The van der Waals surface area contributed by atoms with Crippen LogP contribution in [0.3, 0.4) is 0 Å². The molecule has 0 atom stereocenters. The van der Waals surface area contributed by atoms with E-state index in [-0.39, 0.29) is 0 Å². The van der Waals surface area contributed by atoms with Gasteiger partial charge in [0.25, 0.3) is 0 Å². The van der Waals surface area contributed by atoms with Crippen LogP contribution in [0.4, 0.5) is 0 Å². The number of hydrogen-bond acceptors (Lipinski definition) is 1. The van der Waals surface area contributed by atoms with Crippen molar-refractivity contribution >= 4 is 16.9 Å². The quantitative estimate of drug-likeness (QED) is 0.691. The SMILES string of the molecule is Cc1ccc2cc(C)[nH]c2c1.Cc1cccc(C(=O)O)c1. The van der Waals surface area contributed by atoms with E-state index in [1.165, 1.54) is 22.2 Å². The van der Waals surface area contributed by atoms with Gasteiger partial charge < -0.3 is 10.1 Å². The summed E-state index contributed by atoms with van der Waals surface area (Å²) in [5.41, 5.74) is 5.09. The molecule has 1 aromatic heterocycles. The van der Waals surface area contributed by atoms with Gasteiger partial charge in [-0.05, 0) is 56.0 Å². The second kappa shape index (κ2) is 6.27. The van der Waals surface area contributed by atoms with E-state index in [9.17, 15) is 4.79 Å². The van der Waals surface area contributed by atoms with E-state index in [1.54, 1.807) is 18.2 Å². The molecular weight excluding hydrogens is 262 g/mol. The van der Waals surface area contributed by atoms with E-state index in [0.717, 1.165) is 5.56 Å². The predicted octanol–water partition coefficient (Wildman–Crippen LogP) is 4.48. The molecule has 21 heavy (non-hydrogen) atoms. The number of carbonyl (C=O) groups is 1. The first-order chi connectivity index (χ1) is 9.95. The monoisotopic (exact) mass is 281 g/mol. The Morgan fingerprint density at radius 2 is 1.67 bits per heavy atom. The molecule has 0 unspecified atom stereocenters. The maximum Gasteiger partial charge on any atom is 0.335 e. The molecule has 0 aliphatic carbocycles. The van der Waals surface area contributed by atoms with Crippen LogP contribution < -0.4 is 0 Å². The van der Waals surface area contributed by atoms with Crippen molar-refractivity contribution in [1.29, 1.82) is 0 Å². The zero-order valence-corrected chi connectivity index (χ0v) is 12.5. The highest BCUT2D eigenvalue weighted by Gasteiger charge is 1.99. The number of rotatable bonds is 1. The molecule has 1 heterocycles. The summed E-state index contributed by atoms with van der Waals surface area (Å²) < 4.78 is 0. The summed E-state index contributed by atoms with van der Waals surface area (Å²) in [6.45, 7) is 6.05. The number of H-pyrrole nitrogens is 1. The Labute approximate surface area is 124 Å². The molecule has 2 aromatic carbocycles. The van der Waals surface area contributed by atoms with Crippen molar-refractivity contribution in [3.63, 3.8) is 0 Å². The van der Waals surface area contributed by atoms with Gasteiger partial charge in [-0.2, -0.15) is 0 Å². The molecule has 3 nitrogen and oxygen atoms in total. The normalized spacial score (nSPS) is 10.0. The molecule has 3 rings (SSSR count). The molecule has 0 radical (unpaired) electrons. The first-order valence-electron chi connectivity index (χ1n) is 6.81. The topological polar surface area (TPSA) is 53.1 Å². The number of benzene rings is 2. The van der Waals surface area contributed by atoms with Gasteiger partial charge in [-0.1, -0.05) is 29.8 Å². The van der Waals surface area contributed by atoms with Crippen LogP contribution in [-0.4, -0.2) is 16.1 Å². The third-order valence-corrected chi connectivity index (χ3v) is 3.18. The molecule has 0 aliphatic heterocycles. The number of fused-ring (bicyclic) bond motifs is 1. The van der Waals surface area contributed by atoms with Gasteiger partial charge in [-0.25, -0.2) is 4.79 Å². The van der Waals surface area contributed by atoms with Crippen LogP contribution >= 0.6 is 0 Å². The largest absolute Gasteiger partial charge is 0.478 e. The lowest BCUT2D eigenvalue weighted by Crippen LogP contribution is -1.95. The zero-order chi connectivity index (χ0) is 15.4. The fraction of sp³-hybridized carbons (Fsp3) is 0.167. The molecule has 0 amide bonds. The van der Waals surface area contributed by atoms with E-state index < -0.39 is 5.97 Å². The molecule has 108 valence electrons. The van der Waals surface area contributed by atoms with E-state index >= 15 is 0 Å². The van der Waals surface area contributed by atoms with Gasteiger partial charge in [0.1, 0.15) is 0 Å². The van der Waals surface area contributed by atoms with Crippen LogP contribution in [0.5, 0.6) is 0 Å². The zero-order valence-electron chi connectivity index (χ0n) is 12.5. The molecule has 0 bridgehead atoms. The third-order valence-electron chi connectivity index (χ3n) is 3.18. The van der Waals surface area contributed by atoms with Crippen molar-refractivity contribution in [3.8, 4) is 0 Å². The standard InChI is InChI=1S/C10H11N.C8H8O2/c1-7-3-4-9-6-8(2)11-10(9)5-7;1-6-3-2-4-7(5-6)8(9)10/h3-6,11H,1-2H3;2-5H,1H3,(H,9,10). The minimum atomic E-state index is -0.872. The molecule has 0 saturated heterocycles. The van der Waals surface area contributed by atoms with Crippen LogP contribution in [0, 0.1) is 20.8 Å². The third kappa shape index (κ3) is 3.96. The molecule has 3 heteroatoms. The number of hydrogen-bond donors (Lipinski definition) is 2. The minimum absolute atomic E-state index is 0.347. The number of nitrogens with one attached hydrogen (secondary N) is 1. The highest BCUT2D eigenvalue weighted by molar-refractivity contribution is 5.87. The fourth-order valence-electron chi connectivity index (χ4n) is 2.16. The Bertz CT molecular complexity index is 772. The highest BCUT2D eigenvalue weighted by atomic mass is 16.4. The van der Waals surface area contributed by atoms with Crippen molar-refractivity contribution in [2.45, 2.75) is 20.8 Å². The summed E-state index contributed by atoms with van der Waals surface area (Å²) in [6.07, 6.45) is 0. The lowest BCUT2D eigenvalue weighted by Gasteiger charge is -1.93. The first-order valence-corrected chi connectivity index (χ1v) is 6.81. The summed E-state index contributed by atoms with van der Waals surface area (Å²) in [4.78, 5) is 13.7. The summed E-state index contributed by atoms with van der Waals surface area (Å²) >= 11 is 0. The molecule has 0 fully saturated rings. The summed E-state index contributed by atoms with van der Waals surface area (Å²) in [5, 5.41) is 9.81. The van der Waals surface area contributed by atoms with E-state index in [1.807, 2.05) is 13.0 Å². The Kier molecular flexibility index (Phi) is 4.43. The molecule has 0 saturated carbocycles. The Morgan fingerprint density at radius 1 is 0.952 bits per heavy atom. The van der Waals surface area contributed by atoms with E-state index in [2.05, 4.69) is 43.1 Å². The van der Waals surface area contributed by atoms with Gasteiger partial charge in [0.2, 0.25) is 0 Å². The highest BCUT2D eigenvalue weighted by Crippen LogP contribution is 2.15. The van der Waals surface area contributed by atoms with Crippen molar-refractivity contribution < 1.29 is 9.90 Å². The summed E-state index contributed by atoms with van der Waals surface area (Å²) in [7, 11) is 0. The van der Waals surface area contributed by atoms with Crippen molar-refractivity contribution in [1.82, 2.24) is 4.98 Å². The van der Waals surface area contributed by atoms with E-state index in [4.69, 9.17) is 5.11 Å². The second-order valence-corrected chi connectivity index (χ2v) is 5.22. The molecule has 0 aliphatic rings. The number of carboxylic acid groups (broad SMARTS) is 1. The van der Waals surface area contributed by atoms with Crippen LogP contribution in [0.15, 0.2) is 48.5 Å². The van der Waals surface area contributed by atoms with Gasteiger partial charge in [0.15, 0.2) is 0 Å². The Hall–Kier alpha value is -2.55. The molecule has 0 spiro atoms. The van der Waals surface area contributed by atoms with E-state index in [0.29, 0.717) is 5.56 Å². The van der Waals surface area contributed by atoms with Crippen LogP contribution in [-0.2, 0) is 0 Å².